The first-order valence-electron chi connectivity index (χ1n) is 7.14. The SMILES string of the molecule is CCNC(=NCC(=O)Nc1cccc(F)c1)NC(C)COC.I. The molecule has 8 heteroatoms. The zero-order valence-corrected chi connectivity index (χ0v) is 15.9. The van der Waals surface area contributed by atoms with E-state index in [1.807, 2.05) is 13.8 Å². The highest BCUT2D eigenvalue weighted by Crippen LogP contribution is 2.08. The molecule has 6 nitrogen and oxygen atoms in total. The fourth-order valence-corrected chi connectivity index (χ4v) is 1.76. The number of ether oxygens (including phenoxy) is 1. The molecule has 1 amide bonds. The van der Waals surface area contributed by atoms with Crippen molar-refractivity contribution in [2.75, 3.05) is 32.1 Å². The van der Waals surface area contributed by atoms with Crippen LogP contribution in [0, 0.1) is 5.82 Å². The minimum Gasteiger partial charge on any atom is -0.383 e. The lowest BCUT2D eigenvalue weighted by molar-refractivity contribution is -0.114. The molecule has 23 heavy (non-hydrogen) atoms. The molecule has 0 aliphatic rings. The van der Waals surface area contributed by atoms with Gasteiger partial charge in [0, 0.05) is 25.4 Å². The third kappa shape index (κ3) is 9.34. The molecule has 1 aromatic carbocycles. The van der Waals surface area contributed by atoms with Crippen molar-refractivity contribution in [2.45, 2.75) is 19.9 Å². The van der Waals surface area contributed by atoms with Gasteiger partial charge >= 0.3 is 0 Å². The van der Waals surface area contributed by atoms with Gasteiger partial charge in [0.15, 0.2) is 5.96 Å². The van der Waals surface area contributed by atoms with E-state index in [1.54, 1.807) is 13.2 Å². The number of anilines is 1. The van der Waals surface area contributed by atoms with Crippen LogP contribution in [0.2, 0.25) is 0 Å². The van der Waals surface area contributed by atoms with Gasteiger partial charge in [-0.25, -0.2) is 9.38 Å². The number of hydrogen-bond acceptors (Lipinski definition) is 3. The third-order valence-corrected chi connectivity index (χ3v) is 2.63. The van der Waals surface area contributed by atoms with Crippen molar-refractivity contribution in [3.63, 3.8) is 0 Å². The first-order chi connectivity index (χ1) is 10.5. The van der Waals surface area contributed by atoms with E-state index in [9.17, 15) is 9.18 Å². The van der Waals surface area contributed by atoms with Gasteiger partial charge in [-0.3, -0.25) is 4.79 Å². The summed E-state index contributed by atoms with van der Waals surface area (Å²) in [6.07, 6.45) is 0. The van der Waals surface area contributed by atoms with Crippen LogP contribution in [-0.2, 0) is 9.53 Å². The maximum atomic E-state index is 13.0. The van der Waals surface area contributed by atoms with Gasteiger partial charge < -0.3 is 20.7 Å². The number of amides is 1. The van der Waals surface area contributed by atoms with E-state index in [1.165, 1.54) is 18.2 Å². The largest absolute Gasteiger partial charge is 0.383 e. The van der Waals surface area contributed by atoms with E-state index < -0.39 is 5.82 Å². The first kappa shape index (κ1) is 21.6. The number of nitrogens with zero attached hydrogens (tertiary/aromatic N) is 1. The van der Waals surface area contributed by atoms with Gasteiger partial charge in [-0.15, -0.1) is 24.0 Å². The molecule has 0 heterocycles. The highest BCUT2D eigenvalue weighted by molar-refractivity contribution is 14.0. The standard InChI is InChI=1S/C15H23FN4O2.HI/c1-4-17-15(19-11(2)10-22-3)18-9-14(21)20-13-7-5-6-12(16)8-13;/h5-8,11H,4,9-10H2,1-3H3,(H,20,21)(H2,17,18,19);1H. The van der Waals surface area contributed by atoms with E-state index in [0.29, 0.717) is 24.8 Å². The highest BCUT2D eigenvalue weighted by Gasteiger charge is 2.06. The summed E-state index contributed by atoms with van der Waals surface area (Å²) in [6, 6.07) is 5.79. The lowest BCUT2D eigenvalue weighted by atomic mass is 10.3. The summed E-state index contributed by atoms with van der Waals surface area (Å²) in [7, 11) is 1.62. The summed E-state index contributed by atoms with van der Waals surface area (Å²) in [6.45, 7) is 5.02. The zero-order chi connectivity index (χ0) is 16.4. The Morgan fingerprint density at radius 1 is 1.43 bits per heavy atom. The van der Waals surface area contributed by atoms with Crippen molar-refractivity contribution in [3.8, 4) is 0 Å². The fourth-order valence-electron chi connectivity index (χ4n) is 1.76. The van der Waals surface area contributed by atoms with Crippen molar-refractivity contribution in [2.24, 2.45) is 4.99 Å². The maximum absolute atomic E-state index is 13.0. The van der Waals surface area contributed by atoms with Gasteiger partial charge in [-0.1, -0.05) is 6.07 Å². The molecule has 0 fully saturated rings. The van der Waals surface area contributed by atoms with Gasteiger partial charge in [0.2, 0.25) is 5.91 Å². The Kier molecular flexibility index (Phi) is 11.3. The van der Waals surface area contributed by atoms with Crippen LogP contribution < -0.4 is 16.0 Å². The lowest BCUT2D eigenvalue weighted by Gasteiger charge is -2.16. The van der Waals surface area contributed by atoms with Crippen molar-refractivity contribution >= 4 is 41.5 Å². The van der Waals surface area contributed by atoms with Crippen molar-refractivity contribution in [3.05, 3.63) is 30.1 Å². The van der Waals surface area contributed by atoms with Gasteiger partial charge in [0.1, 0.15) is 12.4 Å². The van der Waals surface area contributed by atoms with Crippen LogP contribution in [0.1, 0.15) is 13.8 Å². The summed E-state index contributed by atoms with van der Waals surface area (Å²) in [5.41, 5.74) is 0.408. The predicted octanol–water partition coefficient (Wildman–Crippen LogP) is 1.97. The summed E-state index contributed by atoms with van der Waals surface area (Å²) in [5.74, 6) is -0.187. The smallest absolute Gasteiger partial charge is 0.246 e. The van der Waals surface area contributed by atoms with E-state index >= 15 is 0 Å². The number of guanidine groups is 1. The number of methoxy groups -OCH3 is 1. The molecule has 130 valence electrons. The molecule has 0 saturated carbocycles. The normalized spacial score (nSPS) is 12.1. The van der Waals surface area contributed by atoms with Crippen LogP contribution in [0.3, 0.4) is 0 Å². The molecular weight excluding hydrogens is 414 g/mol. The Balaban J connectivity index is 0.00000484. The Hall–Kier alpha value is -1.42. The second-order valence-corrected chi connectivity index (χ2v) is 4.75. The molecule has 1 atom stereocenters. The Morgan fingerprint density at radius 2 is 2.17 bits per heavy atom. The van der Waals surface area contributed by atoms with Crippen LogP contribution >= 0.6 is 24.0 Å². The number of carbonyl (C=O) groups excluding carboxylic acids is 1. The van der Waals surface area contributed by atoms with Crippen molar-refractivity contribution < 1.29 is 13.9 Å². The van der Waals surface area contributed by atoms with Crippen LogP contribution in [0.5, 0.6) is 0 Å². The molecule has 3 N–H and O–H groups in total. The van der Waals surface area contributed by atoms with Gasteiger partial charge in [0.05, 0.1) is 6.61 Å². The molecule has 1 unspecified atom stereocenters. The van der Waals surface area contributed by atoms with Crippen LogP contribution in [0.15, 0.2) is 29.3 Å². The van der Waals surface area contributed by atoms with E-state index in [4.69, 9.17) is 4.74 Å². The van der Waals surface area contributed by atoms with Gasteiger partial charge in [-0.05, 0) is 32.0 Å². The molecule has 0 bridgehead atoms. The number of nitrogens with one attached hydrogen (secondary N) is 3. The molecule has 1 rings (SSSR count). The molecule has 0 radical (unpaired) electrons. The number of aliphatic imine (C=N–C) groups is 1. The molecule has 0 aliphatic carbocycles. The monoisotopic (exact) mass is 438 g/mol. The number of hydrogen-bond donors (Lipinski definition) is 3. The quantitative estimate of drug-likeness (QED) is 0.346. The number of halogens is 2. The number of carbonyl (C=O) groups is 1. The second-order valence-electron chi connectivity index (χ2n) is 4.75. The van der Waals surface area contributed by atoms with Crippen LogP contribution in [-0.4, -0.2) is 44.7 Å². The van der Waals surface area contributed by atoms with Crippen LogP contribution in [0.4, 0.5) is 10.1 Å². The summed E-state index contributed by atoms with van der Waals surface area (Å²) in [5, 5.41) is 8.76. The second kappa shape index (κ2) is 12.1. The van der Waals surface area contributed by atoms with Crippen LogP contribution in [0.25, 0.3) is 0 Å². The minimum atomic E-state index is -0.398. The summed E-state index contributed by atoms with van der Waals surface area (Å²) in [4.78, 5) is 16.0. The summed E-state index contributed by atoms with van der Waals surface area (Å²) < 4.78 is 18.1. The minimum absolute atomic E-state index is 0. The lowest BCUT2D eigenvalue weighted by Crippen LogP contribution is -2.44. The number of benzene rings is 1. The Bertz CT molecular complexity index is 514. The number of rotatable bonds is 7. The average Bonchev–Trinajstić information content (AvgIpc) is 2.45. The van der Waals surface area contributed by atoms with E-state index in [0.717, 1.165) is 0 Å². The Morgan fingerprint density at radius 3 is 2.78 bits per heavy atom. The van der Waals surface area contributed by atoms with E-state index in [-0.39, 0.29) is 42.5 Å². The molecule has 0 spiro atoms. The third-order valence-electron chi connectivity index (χ3n) is 2.63. The highest BCUT2D eigenvalue weighted by atomic mass is 127. The average molecular weight is 438 g/mol. The molecular formula is C15H24FIN4O2. The molecule has 0 aromatic heterocycles. The molecule has 0 aliphatic heterocycles. The zero-order valence-electron chi connectivity index (χ0n) is 13.6. The first-order valence-corrected chi connectivity index (χ1v) is 7.14. The van der Waals surface area contributed by atoms with Crippen molar-refractivity contribution in [1.29, 1.82) is 0 Å². The maximum Gasteiger partial charge on any atom is 0.246 e. The predicted molar refractivity (Wildman–Crippen MR) is 101 cm³/mol. The fraction of sp³-hybridized carbons (Fsp3) is 0.467. The topological polar surface area (TPSA) is 74.8 Å². The van der Waals surface area contributed by atoms with Gasteiger partial charge in [-0.2, -0.15) is 0 Å². The Labute approximate surface area is 153 Å². The van der Waals surface area contributed by atoms with E-state index in [2.05, 4.69) is 20.9 Å². The molecule has 1 aromatic rings. The van der Waals surface area contributed by atoms with Gasteiger partial charge in [0.25, 0.3) is 0 Å². The molecule has 0 saturated heterocycles. The summed E-state index contributed by atoms with van der Waals surface area (Å²) >= 11 is 0. The van der Waals surface area contributed by atoms with Crippen molar-refractivity contribution in [1.82, 2.24) is 10.6 Å².